The summed E-state index contributed by atoms with van der Waals surface area (Å²) in [6, 6.07) is 6.25. The summed E-state index contributed by atoms with van der Waals surface area (Å²) in [6.45, 7) is 4.21. The Labute approximate surface area is 165 Å². The van der Waals surface area contributed by atoms with Gasteiger partial charge in [0.05, 0.1) is 14.1 Å². The van der Waals surface area contributed by atoms with Gasteiger partial charge in [-0.15, -0.1) is 0 Å². The number of nitrogens with zero attached hydrogens (tertiary/aromatic N) is 1. The molecule has 0 spiro atoms. The zero-order valence-corrected chi connectivity index (χ0v) is 17.9. The van der Waals surface area contributed by atoms with Gasteiger partial charge in [0.15, 0.2) is 0 Å². The van der Waals surface area contributed by atoms with Crippen molar-refractivity contribution >= 4 is 65.1 Å². The number of fused-ring (bicyclic) bond motifs is 1. The Bertz CT molecular complexity index is 724. The highest BCUT2D eigenvalue weighted by Gasteiger charge is 2.83. The molecule has 1 aromatic carbocycles. The average Bonchev–Trinajstić information content (AvgIpc) is 2.97. The molecule has 0 saturated heterocycles. The normalized spacial score (nSPS) is 33.2. The summed E-state index contributed by atoms with van der Waals surface area (Å²) in [7, 11) is 0. The van der Waals surface area contributed by atoms with E-state index in [1.807, 2.05) is 0 Å². The lowest BCUT2D eigenvalue weighted by Crippen LogP contribution is -2.71. The number of nitrogens with one attached hydrogen (secondary N) is 1. The first-order chi connectivity index (χ1) is 11.1. The molecule has 4 rings (SSSR count). The van der Waals surface area contributed by atoms with Crippen molar-refractivity contribution in [3.8, 4) is 0 Å². The van der Waals surface area contributed by atoms with Crippen molar-refractivity contribution in [2.45, 2.75) is 35.3 Å². The number of hydrogen-bond acceptors (Lipinski definition) is 3. The lowest BCUT2D eigenvalue weighted by molar-refractivity contribution is -0.383. The average molecular weight is 525 g/mol. The Morgan fingerprint density at radius 1 is 1.33 bits per heavy atom. The summed E-state index contributed by atoms with van der Waals surface area (Å²) < 4.78 is 0.0892. The van der Waals surface area contributed by atoms with Crippen LogP contribution in [0.4, 0.5) is 11.4 Å². The SMILES string of the molecule is CC1(C)C2(C(=O)Nc3ccccc3[N+](=O)[O-])CCC1(C(Br)Br)C2Br. The Morgan fingerprint density at radius 2 is 1.96 bits per heavy atom. The fourth-order valence-corrected chi connectivity index (χ4v) is 9.59. The fourth-order valence-electron chi connectivity index (χ4n) is 4.67. The topological polar surface area (TPSA) is 72.2 Å². The van der Waals surface area contributed by atoms with Crippen molar-refractivity contribution < 1.29 is 9.72 Å². The highest BCUT2D eigenvalue weighted by molar-refractivity contribution is 9.24. The molecular weight excluding hydrogens is 508 g/mol. The first kappa shape index (κ1) is 18.3. The molecule has 5 nitrogen and oxygen atoms in total. The monoisotopic (exact) mass is 522 g/mol. The lowest BCUT2D eigenvalue weighted by Gasteiger charge is -2.66. The quantitative estimate of drug-likeness (QED) is 0.333. The third kappa shape index (κ3) is 1.99. The Kier molecular flexibility index (Phi) is 4.41. The van der Waals surface area contributed by atoms with Crippen LogP contribution < -0.4 is 5.32 Å². The van der Waals surface area contributed by atoms with Gasteiger partial charge in [0, 0.05) is 16.3 Å². The minimum atomic E-state index is -0.587. The maximum absolute atomic E-state index is 13.1. The third-order valence-electron chi connectivity index (χ3n) is 6.24. The van der Waals surface area contributed by atoms with Gasteiger partial charge in [-0.25, -0.2) is 0 Å². The van der Waals surface area contributed by atoms with Gasteiger partial charge in [-0.3, -0.25) is 14.9 Å². The van der Waals surface area contributed by atoms with Crippen LogP contribution in [0.2, 0.25) is 0 Å². The zero-order chi connectivity index (χ0) is 17.9. The Morgan fingerprint density at radius 3 is 2.46 bits per heavy atom. The lowest BCUT2D eigenvalue weighted by atomic mass is 9.43. The smallest absolute Gasteiger partial charge is 0.292 e. The van der Waals surface area contributed by atoms with Gasteiger partial charge >= 0.3 is 0 Å². The molecule has 0 aromatic heterocycles. The van der Waals surface area contributed by atoms with Gasteiger partial charge in [0.1, 0.15) is 5.69 Å². The van der Waals surface area contributed by atoms with E-state index >= 15 is 0 Å². The summed E-state index contributed by atoms with van der Waals surface area (Å²) in [6.07, 6.45) is 1.65. The molecule has 8 heteroatoms. The number of nitro benzene ring substituents is 1. The molecule has 3 fully saturated rings. The van der Waals surface area contributed by atoms with E-state index in [0.717, 1.165) is 12.8 Å². The molecule has 1 N–H and O–H groups in total. The Balaban J connectivity index is 1.94. The van der Waals surface area contributed by atoms with Crippen LogP contribution in [0.3, 0.4) is 0 Å². The van der Waals surface area contributed by atoms with Crippen LogP contribution >= 0.6 is 47.8 Å². The summed E-state index contributed by atoms with van der Waals surface area (Å²) in [5, 5.41) is 14.0. The molecule has 2 bridgehead atoms. The van der Waals surface area contributed by atoms with Crippen LogP contribution in [0.5, 0.6) is 0 Å². The summed E-state index contributed by atoms with van der Waals surface area (Å²) in [5.41, 5.74) is -0.757. The van der Waals surface area contributed by atoms with E-state index in [1.165, 1.54) is 6.07 Å². The molecule has 0 radical (unpaired) electrons. The second-order valence-corrected chi connectivity index (χ2v) is 11.0. The minimum absolute atomic E-state index is 0.000909. The second kappa shape index (κ2) is 5.77. The van der Waals surface area contributed by atoms with Crippen LogP contribution in [0, 0.1) is 26.4 Å². The summed E-state index contributed by atoms with van der Waals surface area (Å²) in [5.74, 6) is -0.155. The zero-order valence-electron chi connectivity index (χ0n) is 13.2. The largest absolute Gasteiger partial charge is 0.320 e. The van der Waals surface area contributed by atoms with Gasteiger partial charge < -0.3 is 5.32 Å². The van der Waals surface area contributed by atoms with E-state index < -0.39 is 10.3 Å². The molecule has 3 saturated carbocycles. The standard InChI is InChI=1S/C16H17Br3N2O3/c1-14(2)15(12(18)19)7-8-16(14,11(15)17)13(22)20-9-5-3-4-6-10(9)21(23)24/h3-6,11-12H,7-8H2,1-2H3,(H,20,22). The number of carbonyl (C=O) groups excluding carboxylic acids is 1. The fraction of sp³-hybridized carbons (Fsp3) is 0.562. The van der Waals surface area contributed by atoms with Crippen LogP contribution in [0.1, 0.15) is 26.7 Å². The van der Waals surface area contributed by atoms with E-state index in [-0.39, 0.29) is 36.7 Å². The van der Waals surface area contributed by atoms with Gasteiger partial charge in [0.25, 0.3) is 5.69 Å². The summed E-state index contributed by atoms with van der Waals surface area (Å²) in [4.78, 5) is 23.8. The van der Waals surface area contributed by atoms with Crippen molar-refractivity contribution in [3.63, 3.8) is 0 Å². The molecule has 3 atom stereocenters. The summed E-state index contributed by atoms with van der Waals surface area (Å²) >= 11 is 11.0. The first-order valence-electron chi connectivity index (χ1n) is 7.60. The highest BCUT2D eigenvalue weighted by Crippen LogP contribution is 2.82. The second-order valence-electron chi connectivity index (χ2n) is 7.03. The predicted octanol–water partition coefficient (Wildman–Crippen LogP) is 5.22. The number of amides is 1. The number of hydrogen-bond donors (Lipinski definition) is 1. The molecule has 3 unspecified atom stereocenters. The highest BCUT2D eigenvalue weighted by atomic mass is 79.9. The van der Waals surface area contributed by atoms with Crippen LogP contribution in [-0.4, -0.2) is 19.4 Å². The van der Waals surface area contributed by atoms with E-state index in [1.54, 1.807) is 18.2 Å². The van der Waals surface area contributed by atoms with Gasteiger partial charge in [-0.1, -0.05) is 73.8 Å². The van der Waals surface area contributed by atoms with Crippen molar-refractivity contribution in [2.24, 2.45) is 16.2 Å². The molecule has 0 heterocycles. The number of halogens is 3. The van der Waals surface area contributed by atoms with Crippen LogP contribution in [0.25, 0.3) is 0 Å². The van der Waals surface area contributed by atoms with E-state index in [9.17, 15) is 14.9 Å². The maximum atomic E-state index is 13.1. The van der Waals surface area contributed by atoms with Gasteiger partial charge in [0.2, 0.25) is 5.91 Å². The third-order valence-corrected chi connectivity index (χ3v) is 9.47. The number of benzene rings is 1. The minimum Gasteiger partial charge on any atom is -0.320 e. The van der Waals surface area contributed by atoms with E-state index in [0.29, 0.717) is 0 Å². The number of alkyl halides is 3. The molecule has 3 aliphatic carbocycles. The van der Waals surface area contributed by atoms with E-state index in [2.05, 4.69) is 67.0 Å². The number of para-hydroxylation sites is 2. The van der Waals surface area contributed by atoms with Crippen molar-refractivity contribution in [1.29, 1.82) is 0 Å². The Hall–Kier alpha value is -0.470. The van der Waals surface area contributed by atoms with Crippen molar-refractivity contribution in [1.82, 2.24) is 0 Å². The van der Waals surface area contributed by atoms with Crippen molar-refractivity contribution in [3.05, 3.63) is 34.4 Å². The van der Waals surface area contributed by atoms with Crippen molar-refractivity contribution in [2.75, 3.05) is 5.32 Å². The number of nitro groups is 1. The number of carbonyl (C=O) groups is 1. The molecule has 130 valence electrons. The molecular formula is C16H17Br3N2O3. The molecule has 3 aliphatic rings. The van der Waals surface area contributed by atoms with Gasteiger partial charge in [-0.2, -0.15) is 0 Å². The molecule has 0 aliphatic heterocycles. The molecule has 24 heavy (non-hydrogen) atoms. The molecule has 1 aromatic rings. The number of anilines is 1. The molecule has 1 amide bonds. The maximum Gasteiger partial charge on any atom is 0.292 e. The number of rotatable bonds is 4. The van der Waals surface area contributed by atoms with Crippen LogP contribution in [0.15, 0.2) is 24.3 Å². The van der Waals surface area contributed by atoms with Crippen LogP contribution in [-0.2, 0) is 4.79 Å². The van der Waals surface area contributed by atoms with Gasteiger partial charge in [-0.05, 0) is 24.3 Å². The predicted molar refractivity (Wildman–Crippen MR) is 104 cm³/mol. The van der Waals surface area contributed by atoms with E-state index in [4.69, 9.17) is 0 Å². The first-order valence-corrected chi connectivity index (χ1v) is 10.3.